The highest BCUT2D eigenvalue weighted by Gasteiger charge is 2.22. The van der Waals surface area contributed by atoms with E-state index in [0.717, 1.165) is 54.4 Å². The number of nitrogens with zero attached hydrogens (tertiary/aromatic N) is 4. The van der Waals surface area contributed by atoms with Crippen LogP contribution >= 0.6 is 0 Å². The molecule has 0 atom stereocenters. The van der Waals surface area contributed by atoms with Gasteiger partial charge in [0.1, 0.15) is 17.2 Å². The van der Waals surface area contributed by atoms with Crippen molar-refractivity contribution in [3.63, 3.8) is 0 Å². The molecular formula is C24H25N7O. The molecule has 1 aromatic carbocycles. The largest absolute Gasteiger partial charge is 0.366 e. The second-order valence-electron chi connectivity index (χ2n) is 7.94. The predicted octanol–water partition coefficient (Wildman–Crippen LogP) is 2.50. The number of nitrogens with one attached hydrogen (secondary N) is 2. The Balaban J connectivity index is 1.63. The monoisotopic (exact) mass is 427 g/mol. The number of benzene rings is 1. The number of imidazole rings is 1. The molecule has 4 N–H and O–H groups in total. The number of nitrogens with two attached hydrogens (primary N) is 1. The molecule has 0 radical (unpaired) electrons. The van der Waals surface area contributed by atoms with E-state index in [2.05, 4.69) is 27.8 Å². The third-order valence-corrected chi connectivity index (χ3v) is 5.79. The molecule has 0 bridgehead atoms. The lowest BCUT2D eigenvalue weighted by molar-refractivity contribution is 0.100. The molecule has 3 aromatic heterocycles. The molecule has 8 heteroatoms. The number of aryl methyl sites for hydroxylation is 1. The van der Waals surface area contributed by atoms with Crippen molar-refractivity contribution < 1.29 is 4.79 Å². The first-order valence-corrected chi connectivity index (χ1v) is 10.8. The smallest absolute Gasteiger partial charge is 0.252 e. The number of amides is 1. The summed E-state index contributed by atoms with van der Waals surface area (Å²) in [6.07, 6.45) is 3.56. The minimum atomic E-state index is -0.508. The van der Waals surface area contributed by atoms with Gasteiger partial charge in [0.15, 0.2) is 5.82 Å². The fraction of sp³-hybridized carbons (Fsp3) is 0.250. The Kier molecular flexibility index (Phi) is 5.28. The molecule has 0 unspecified atom stereocenters. The van der Waals surface area contributed by atoms with Crippen molar-refractivity contribution in [1.29, 1.82) is 0 Å². The summed E-state index contributed by atoms with van der Waals surface area (Å²) in [6, 6.07) is 13.7. The molecule has 1 amide bonds. The highest BCUT2D eigenvalue weighted by molar-refractivity contribution is 5.99. The maximum absolute atomic E-state index is 11.9. The second-order valence-corrected chi connectivity index (χ2v) is 7.94. The Morgan fingerprint density at radius 1 is 1.09 bits per heavy atom. The first kappa shape index (κ1) is 20.1. The highest BCUT2D eigenvalue weighted by Crippen LogP contribution is 2.28. The summed E-state index contributed by atoms with van der Waals surface area (Å²) < 4.78 is 1.85. The average molecular weight is 428 g/mol. The van der Waals surface area contributed by atoms with Gasteiger partial charge in [-0.3, -0.25) is 9.20 Å². The summed E-state index contributed by atoms with van der Waals surface area (Å²) in [5.41, 5.74) is 11.4. The van der Waals surface area contributed by atoms with Crippen LogP contribution in [-0.2, 0) is 19.4 Å². The van der Waals surface area contributed by atoms with Crippen molar-refractivity contribution in [1.82, 2.24) is 24.7 Å². The van der Waals surface area contributed by atoms with Gasteiger partial charge in [0.25, 0.3) is 5.91 Å². The van der Waals surface area contributed by atoms with Gasteiger partial charge in [0.2, 0.25) is 0 Å². The van der Waals surface area contributed by atoms with Crippen LogP contribution in [0.25, 0.3) is 17.2 Å². The number of aromatic nitrogens is 4. The molecule has 0 saturated carbocycles. The number of carbonyl (C=O) groups excluding carboxylic acids is 1. The topological polar surface area (TPSA) is 110 Å². The SMILES string of the molecule is Cc1nc2c(C(N)=O)cccn2c1-c1nc2c(c(NCc3ccccc3)n1)CCNCC2. The zero-order chi connectivity index (χ0) is 22.1. The van der Waals surface area contributed by atoms with Gasteiger partial charge in [0.05, 0.1) is 17.0 Å². The zero-order valence-electron chi connectivity index (χ0n) is 17.9. The fourth-order valence-corrected chi connectivity index (χ4v) is 4.22. The molecule has 0 aliphatic carbocycles. The van der Waals surface area contributed by atoms with Crippen LogP contribution in [0.15, 0.2) is 48.7 Å². The van der Waals surface area contributed by atoms with Crippen molar-refractivity contribution in [2.45, 2.75) is 26.3 Å². The number of carbonyl (C=O) groups is 1. The van der Waals surface area contributed by atoms with Gasteiger partial charge in [-0.15, -0.1) is 0 Å². The van der Waals surface area contributed by atoms with E-state index < -0.39 is 5.91 Å². The third kappa shape index (κ3) is 3.69. The Morgan fingerprint density at radius 2 is 1.91 bits per heavy atom. The molecule has 4 aromatic rings. The number of pyridine rings is 1. The molecule has 5 rings (SSSR count). The molecular weight excluding hydrogens is 402 g/mol. The maximum Gasteiger partial charge on any atom is 0.252 e. The normalized spacial score (nSPS) is 13.5. The fourth-order valence-electron chi connectivity index (χ4n) is 4.22. The first-order chi connectivity index (χ1) is 15.6. The lowest BCUT2D eigenvalue weighted by atomic mass is 10.1. The molecule has 1 aliphatic heterocycles. The maximum atomic E-state index is 11.9. The van der Waals surface area contributed by atoms with E-state index in [1.807, 2.05) is 35.7 Å². The summed E-state index contributed by atoms with van der Waals surface area (Å²) in [5.74, 6) is 0.928. The lowest BCUT2D eigenvalue weighted by Crippen LogP contribution is -2.16. The van der Waals surface area contributed by atoms with Crippen LogP contribution in [0, 0.1) is 6.92 Å². The minimum Gasteiger partial charge on any atom is -0.366 e. The molecule has 0 saturated heterocycles. The van der Waals surface area contributed by atoms with Gasteiger partial charge in [-0.2, -0.15) is 0 Å². The number of anilines is 1. The first-order valence-electron chi connectivity index (χ1n) is 10.8. The van der Waals surface area contributed by atoms with E-state index in [1.165, 1.54) is 5.56 Å². The average Bonchev–Trinajstić information content (AvgIpc) is 2.96. The van der Waals surface area contributed by atoms with Gasteiger partial charge in [0, 0.05) is 31.3 Å². The summed E-state index contributed by atoms with van der Waals surface area (Å²) in [6.45, 7) is 4.35. The summed E-state index contributed by atoms with van der Waals surface area (Å²) in [5, 5.41) is 6.98. The van der Waals surface area contributed by atoms with Crippen LogP contribution < -0.4 is 16.4 Å². The van der Waals surface area contributed by atoms with Crippen LogP contribution in [0.2, 0.25) is 0 Å². The van der Waals surface area contributed by atoms with E-state index in [0.29, 0.717) is 23.6 Å². The quantitative estimate of drug-likeness (QED) is 0.451. The van der Waals surface area contributed by atoms with E-state index >= 15 is 0 Å². The van der Waals surface area contributed by atoms with Crippen LogP contribution in [0.3, 0.4) is 0 Å². The van der Waals surface area contributed by atoms with E-state index in [9.17, 15) is 4.79 Å². The van der Waals surface area contributed by atoms with Crippen molar-refractivity contribution in [2.75, 3.05) is 18.4 Å². The van der Waals surface area contributed by atoms with Crippen molar-refractivity contribution in [3.8, 4) is 11.5 Å². The number of primary amides is 1. The number of rotatable bonds is 5. The summed E-state index contributed by atoms with van der Waals surface area (Å²) in [4.78, 5) is 26.4. The van der Waals surface area contributed by atoms with Gasteiger partial charge < -0.3 is 16.4 Å². The Labute approximate surface area is 185 Å². The number of hydrogen-bond acceptors (Lipinski definition) is 6. The van der Waals surface area contributed by atoms with Crippen LogP contribution in [-0.4, -0.2) is 38.3 Å². The molecule has 162 valence electrons. The second kappa shape index (κ2) is 8.39. The van der Waals surface area contributed by atoms with E-state index in [4.69, 9.17) is 15.7 Å². The van der Waals surface area contributed by atoms with Crippen molar-refractivity contribution in [3.05, 3.63) is 76.7 Å². The molecule has 0 fully saturated rings. The van der Waals surface area contributed by atoms with E-state index in [-0.39, 0.29) is 0 Å². The van der Waals surface area contributed by atoms with Crippen LogP contribution in [0.4, 0.5) is 5.82 Å². The molecule has 32 heavy (non-hydrogen) atoms. The van der Waals surface area contributed by atoms with Crippen molar-refractivity contribution >= 4 is 17.4 Å². The minimum absolute atomic E-state index is 0.378. The number of fused-ring (bicyclic) bond motifs is 2. The third-order valence-electron chi connectivity index (χ3n) is 5.79. The molecule has 8 nitrogen and oxygen atoms in total. The Bertz CT molecular complexity index is 1300. The Morgan fingerprint density at radius 3 is 2.72 bits per heavy atom. The molecule has 0 spiro atoms. The predicted molar refractivity (Wildman–Crippen MR) is 124 cm³/mol. The van der Waals surface area contributed by atoms with E-state index in [1.54, 1.807) is 12.1 Å². The lowest BCUT2D eigenvalue weighted by Gasteiger charge is -2.15. The zero-order valence-corrected chi connectivity index (χ0v) is 17.9. The Hall–Kier alpha value is -3.78. The number of hydrogen-bond donors (Lipinski definition) is 3. The van der Waals surface area contributed by atoms with Gasteiger partial charge in [-0.25, -0.2) is 15.0 Å². The molecule has 4 heterocycles. The van der Waals surface area contributed by atoms with Crippen LogP contribution in [0.1, 0.15) is 32.9 Å². The highest BCUT2D eigenvalue weighted by atomic mass is 16.1. The molecule has 1 aliphatic rings. The van der Waals surface area contributed by atoms with Crippen molar-refractivity contribution in [2.24, 2.45) is 5.73 Å². The summed E-state index contributed by atoms with van der Waals surface area (Å²) in [7, 11) is 0. The standard InChI is InChI=1S/C24H25N7O/c1-15-20(31-13-5-8-18(21(25)32)24(31)28-15)23-29-19-10-12-26-11-9-17(19)22(30-23)27-14-16-6-3-2-4-7-16/h2-8,13,26H,9-12,14H2,1H3,(H2,25,32)(H,27,29,30). The van der Waals surface area contributed by atoms with Crippen LogP contribution in [0.5, 0.6) is 0 Å². The van der Waals surface area contributed by atoms with Gasteiger partial charge in [-0.05, 0) is 37.6 Å². The van der Waals surface area contributed by atoms with Gasteiger partial charge >= 0.3 is 0 Å². The van der Waals surface area contributed by atoms with Gasteiger partial charge in [-0.1, -0.05) is 30.3 Å². The summed E-state index contributed by atoms with van der Waals surface area (Å²) >= 11 is 0.